The number of carboxylic acid groups (broad SMARTS) is 1. The average Bonchev–Trinajstić information content (AvgIpc) is 3.83. The van der Waals surface area contributed by atoms with Crippen LogP contribution in [0.2, 0.25) is 0 Å². The number of ketones is 3. The van der Waals surface area contributed by atoms with Gasteiger partial charge in [0.2, 0.25) is 35.4 Å². The van der Waals surface area contributed by atoms with Crippen LogP contribution >= 0.6 is 11.8 Å². The maximum atomic E-state index is 15.5. The Morgan fingerprint density at radius 2 is 1.46 bits per heavy atom. The van der Waals surface area contributed by atoms with Crippen molar-refractivity contribution in [1.29, 1.82) is 0 Å². The maximum Gasteiger partial charge on any atom is 0.303 e. The van der Waals surface area contributed by atoms with E-state index in [2.05, 4.69) is 26.3 Å². The summed E-state index contributed by atoms with van der Waals surface area (Å²) in [5, 5.41) is 19.1. The smallest absolute Gasteiger partial charge is 0.303 e. The highest BCUT2D eigenvalue weighted by atomic mass is 32.2. The Hall–Kier alpha value is -7.62. The molecule has 4 atom stereocenters. The number of carbonyl (C=O) groups is 10. The number of unbranched alkanes of at least 4 members (excludes halogenated alkanes) is 1. The van der Waals surface area contributed by atoms with E-state index in [1.807, 2.05) is 55.7 Å². The van der Waals surface area contributed by atoms with Gasteiger partial charge in [0, 0.05) is 98.8 Å². The van der Waals surface area contributed by atoms with Crippen LogP contribution in [0.3, 0.4) is 0 Å². The normalized spacial score (nSPS) is 12.7. The molecule has 0 unspecified atom stereocenters. The number of hydrogen-bond donors (Lipinski definition) is 6. The molecule has 80 heavy (non-hydrogen) atoms. The van der Waals surface area contributed by atoms with Crippen molar-refractivity contribution in [1.82, 2.24) is 35.7 Å². The molecule has 0 aliphatic rings. The van der Waals surface area contributed by atoms with Gasteiger partial charge in [-0.1, -0.05) is 58.0 Å². The highest BCUT2D eigenvalue weighted by molar-refractivity contribution is 7.99. The van der Waals surface area contributed by atoms with Gasteiger partial charge < -0.3 is 41.6 Å². The van der Waals surface area contributed by atoms with Crippen LogP contribution in [0, 0.1) is 23.0 Å². The predicted octanol–water partition coefficient (Wildman–Crippen LogP) is 5.80. The van der Waals surface area contributed by atoms with Crippen LogP contribution in [-0.2, 0) is 60.9 Å². The Morgan fingerprint density at radius 3 is 2.14 bits per heavy atom. The molecule has 7 N–H and O–H groups in total. The topological polar surface area (TPSA) is 286 Å². The SMILES string of the molecule is C[C@H](NC(=O)Cc1ccncc1)C(=O)C[C@H](C)C(=O)N[C@@H](CC(N)=O)C(=O)CCCCN(C(=O)CSCCC(=O)NCCCC(=O)CNC(=O)CCC(=O)O)[C@@H](c1cc(-c2cc(F)ccc2F)cn1Cc1ccccc1)C(C)(C)C. The second kappa shape index (κ2) is 32.5. The Morgan fingerprint density at radius 1 is 0.762 bits per heavy atom. The lowest BCUT2D eigenvalue weighted by Gasteiger charge is -2.41. The zero-order valence-corrected chi connectivity index (χ0v) is 46.8. The molecule has 0 saturated carbocycles. The van der Waals surface area contributed by atoms with Crippen molar-refractivity contribution in [2.75, 3.05) is 31.1 Å². The zero-order valence-electron chi connectivity index (χ0n) is 46.0. The van der Waals surface area contributed by atoms with Gasteiger partial charge in [0.1, 0.15) is 11.6 Å². The van der Waals surface area contributed by atoms with Crippen molar-refractivity contribution in [2.45, 2.75) is 130 Å². The van der Waals surface area contributed by atoms with E-state index in [1.165, 1.54) is 25.6 Å². The fourth-order valence-corrected chi connectivity index (χ4v) is 9.57. The quantitative estimate of drug-likeness (QED) is 0.0297. The van der Waals surface area contributed by atoms with Gasteiger partial charge >= 0.3 is 5.97 Å². The number of aliphatic carboxylic acids is 1. The molecule has 2 aromatic heterocycles. The molecule has 0 spiro atoms. The first-order chi connectivity index (χ1) is 37.9. The van der Waals surface area contributed by atoms with Crippen LogP contribution in [0.5, 0.6) is 0 Å². The van der Waals surface area contributed by atoms with Crippen LogP contribution in [0.25, 0.3) is 11.1 Å². The number of hydrogen-bond acceptors (Lipinski definition) is 12. The summed E-state index contributed by atoms with van der Waals surface area (Å²) >= 11 is 1.22. The molecule has 4 aromatic rings. The van der Waals surface area contributed by atoms with Crippen LogP contribution in [0.4, 0.5) is 8.78 Å². The zero-order chi connectivity index (χ0) is 58.9. The van der Waals surface area contributed by atoms with E-state index in [1.54, 1.807) is 41.7 Å². The van der Waals surface area contributed by atoms with Gasteiger partial charge in [0.05, 0.1) is 49.7 Å². The number of nitrogens with zero attached hydrogens (tertiary/aromatic N) is 3. The van der Waals surface area contributed by atoms with Crippen LogP contribution in [0.1, 0.15) is 122 Å². The number of aromatic nitrogens is 2. The largest absolute Gasteiger partial charge is 0.481 e. The fraction of sp³-hybridized carbons (Fsp3) is 0.466. The molecule has 0 aliphatic carbocycles. The first-order valence-corrected chi connectivity index (χ1v) is 27.7. The summed E-state index contributed by atoms with van der Waals surface area (Å²) in [7, 11) is 0. The second-order valence-electron chi connectivity index (χ2n) is 20.8. The third kappa shape index (κ3) is 22.6. The van der Waals surface area contributed by atoms with E-state index in [4.69, 9.17) is 10.8 Å². The molecule has 432 valence electrons. The summed E-state index contributed by atoms with van der Waals surface area (Å²) in [6.45, 7) is 9.16. The summed E-state index contributed by atoms with van der Waals surface area (Å²) < 4.78 is 32.0. The number of carboxylic acids is 1. The highest BCUT2D eigenvalue weighted by Crippen LogP contribution is 2.41. The lowest BCUT2D eigenvalue weighted by atomic mass is 9.82. The van der Waals surface area contributed by atoms with Crippen LogP contribution < -0.4 is 27.0 Å². The van der Waals surface area contributed by atoms with Crippen molar-refractivity contribution in [2.24, 2.45) is 17.1 Å². The third-order valence-corrected chi connectivity index (χ3v) is 13.9. The Balaban J connectivity index is 1.48. The van der Waals surface area contributed by atoms with Gasteiger partial charge in [-0.05, 0) is 79.1 Å². The van der Waals surface area contributed by atoms with E-state index < -0.39 is 88.7 Å². The number of halogens is 2. The number of rotatable bonds is 35. The second-order valence-corrected chi connectivity index (χ2v) is 21.9. The first kappa shape index (κ1) is 64.9. The number of benzene rings is 2. The number of nitrogens with two attached hydrogens (primary N) is 1. The van der Waals surface area contributed by atoms with Gasteiger partial charge in [-0.3, -0.25) is 52.9 Å². The van der Waals surface area contributed by atoms with Crippen molar-refractivity contribution in [3.05, 3.63) is 114 Å². The van der Waals surface area contributed by atoms with Crippen LogP contribution in [0.15, 0.2) is 85.3 Å². The fourth-order valence-electron chi connectivity index (χ4n) is 8.76. The molecule has 0 aliphatic heterocycles. The van der Waals surface area contributed by atoms with Crippen molar-refractivity contribution in [3.8, 4) is 11.1 Å². The van der Waals surface area contributed by atoms with E-state index in [-0.39, 0.29) is 112 Å². The molecule has 19 nitrogen and oxygen atoms in total. The lowest BCUT2D eigenvalue weighted by Crippen LogP contribution is -2.46. The molecule has 0 radical (unpaired) electrons. The number of thioether (sulfide) groups is 1. The number of nitrogens with one attached hydrogen (secondary N) is 4. The minimum Gasteiger partial charge on any atom is -0.481 e. The molecule has 2 aromatic carbocycles. The Labute approximate surface area is 469 Å². The molecule has 6 amide bonds. The van der Waals surface area contributed by atoms with E-state index in [0.717, 1.165) is 23.8 Å². The highest BCUT2D eigenvalue weighted by Gasteiger charge is 2.37. The number of pyridine rings is 1. The summed E-state index contributed by atoms with van der Waals surface area (Å²) in [6.07, 6.45) is 4.19. The molecule has 4 rings (SSSR count). The predicted molar refractivity (Wildman–Crippen MR) is 297 cm³/mol. The van der Waals surface area contributed by atoms with Gasteiger partial charge in [0.25, 0.3) is 0 Å². The monoisotopic (exact) mass is 1130 g/mol. The lowest BCUT2D eigenvalue weighted by molar-refractivity contribution is -0.139. The van der Waals surface area contributed by atoms with E-state index >= 15 is 4.39 Å². The molecular weight excluding hydrogens is 1050 g/mol. The minimum absolute atomic E-state index is 0.0215. The molecule has 0 bridgehead atoms. The number of primary amides is 1. The number of carbonyl (C=O) groups excluding carboxylic acids is 9. The molecule has 0 fully saturated rings. The summed E-state index contributed by atoms with van der Waals surface area (Å²) in [4.78, 5) is 133. The Bertz CT molecular complexity index is 2790. The molecule has 22 heteroatoms. The average molecular weight is 1130 g/mol. The van der Waals surface area contributed by atoms with Gasteiger partial charge in [-0.15, -0.1) is 0 Å². The summed E-state index contributed by atoms with van der Waals surface area (Å²) in [5.41, 5.74) is 7.44. The van der Waals surface area contributed by atoms with E-state index in [9.17, 15) is 52.3 Å². The van der Waals surface area contributed by atoms with Gasteiger partial charge in [-0.25, -0.2) is 8.78 Å². The van der Waals surface area contributed by atoms with Crippen LogP contribution in [-0.4, -0.2) is 122 Å². The standard InChI is InChI=1S/C58H74F2N8O11S/c1-37(28-49(71)38(2)65-53(75)29-39-20-24-62-25-21-39)57(79)66-46(32-50(61)72)48(70)15-9-10-26-68(54(76)36-80-27-22-52(74)63-23-11-14-43(69)33-64-51(73)18-19-55(77)78)56(58(3,4)5)47-30-41(44-31-42(59)16-17-45(44)60)35-67(47)34-40-12-7-6-8-13-40/h6-8,12-13,16-17,20-21,24-25,30-31,35,37-38,46,56H,9-11,14-15,18-19,22-23,26-29,32-34,36H2,1-5H3,(H2,61,72)(H,63,74)(H,64,73)(H,65,75)(H,66,79)(H,77,78)/t37-,38-,46-,56-/m0/s1. The van der Waals surface area contributed by atoms with E-state index in [0.29, 0.717) is 29.8 Å². The molecule has 2 heterocycles. The third-order valence-electron chi connectivity index (χ3n) is 12.9. The van der Waals surface area contributed by atoms with Crippen molar-refractivity contribution >= 4 is 70.5 Å². The maximum absolute atomic E-state index is 15.5. The van der Waals surface area contributed by atoms with Crippen molar-refractivity contribution in [3.63, 3.8) is 0 Å². The minimum atomic E-state index is -1.31. The van der Waals surface area contributed by atoms with Gasteiger partial charge in [-0.2, -0.15) is 11.8 Å². The number of amides is 6. The van der Waals surface area contributed by atoms with Crippen molar-refractivity contribution < 1.29 is 61.8 Å². The summed E-state index contributed by atoms with van der Waals surface area (Å²) in [6, 6.07) is 14.8. The Kier molecular flexibility index (Phi) is 26.3. The molecular formula is C58H74F2N8O11S. The molecule has 0 saturated heterocycles. The van der Waals surface area contributed by atoms with Gasteiger partial charge in [0.15, 0.2) is 17.3 Å². The number of Topliss-reactive ketones (excluding diaryl/α,β-unsaturated/α-hetero) is 3. The summed E-state index contributed by atoms with van der Waals surface area (Å²) in [5.74, 6) is -7.49. The first-order valence-electron chi connectivity index (χ1n) is 26.6.